The first-order valence-electron chi connectivity index (χ1n) is 7.68. The summed E-state index contributed by atoms with van der Waals surface area (Å²) in [5.74, 6) is 0.295. The highest BCUT2D eigenvalue weighted by Gasteiger charge is 2.25. The molecule has 0 saturated heterocycles. The summed E-state index contributed by atoms with van der Waals surface area (Å²) in [4.78, 5) is 12.5. The highest BCUT2D eigenvalue weighted by atomic mass is 16.1. The van der Waals surface area contributed by atoms with Gasteiger partial charge in [-0.2, -0.15) is 0 Å². The zero-order valence-corrected chi connectivity index (χ0v) is 12.5. The molecule has 19 heavy (non-hydrogen) atoms. The van der Waals surface area contributed by atoms with Crippen LogP contribution in [0.4, 0.5) is 5.69 Å². The Morgan fingerprint density at radius 3 is 2.42 bits per heavy atom. The normalized spacial score (nSPS) is 17.3. The van der Waals surface area contributed by atoms with E-state index < -0.39 is 0 Å². The second-order valence-electron chi connectivity index (χ2n) is 6.02. The van der Waals surface area contributed by atoms with Crippen LogP contribution in [-0.2, 0) is 6.54 Å². The number of nitrogen functional groups attached to an aromatic ring is 1. The van der Waals surface area contributed by atoms with E-state index in [1.54, 1.807) is 0 Å². The standard InChI is InChI=1S/C15H27N3O/c1-4-10-17-14(11(2)3)13(16)15(19)18(17)12-8-6-5-7-9-12/h11-12H,4-10,16H2,1-3H3. The lowest BCUT2D eigenvalue weighted by Gasteiger charge is -2.26. The van der Waals surface area contributed by atoms with Crippen LogP contribution in [-0.4, -0.2) is 9.36 Å². The van der Waals surface area contributed by atoms with Gasteiger partial charge < -0.3 is 5.73 Å². The Labute approximate surface area is 115 Å². The van der Waals surface area contributed by atoms with Crippen molar-refractivity contribution in [1.82, 2.24) is 9.36 Å². The van der Waals surface area contributed by atoms with Crippen molar-refractivity contribution in [1.29, 1.82) is 0 Å². The van der Waals surface area contributed by atoms with E-state index in [9.17, 15) is 4.79 Å². The van der Waals surface area contributed by atoms with Crippen molar-refractivity contribution < 1.29 is 0 Å². The van der Waals surface area contributed by atoms with Crippen LogP contribution in [0.25, 0.3) is 0 Å². The van der Waals surface area contributed by atoms with Crippen molar-refractivity contribution in [2.45, 2.75) is 77.8 Å². The molecule has 1 aliphatic rings. The number of aromatic nitrogens is 2. The molecule has 1 aromatic heterocycles. The van der Waals surface area contributed by atoms with Crippen LogP contribution in [0.15, 0.2) is 4.79 Å². The van der Waals surface area contributed by atoms with E-state index in [4.69, 9.17) is 5.73 Å². The molecule has 0 bridgehead atoms. The summed E-state index contributed by atoms with van der Waals surface area (Å²) in [5, 5.41) is 0. The van der Waals surface area contributed by atoms with Crippen LogP contribution in [0.1, 0.15) is 76.9 Å². The van der Waals surface area contributed by atoms with Crippen LogP contribution < -0.4 is 11.3 Å². The quantitative estimate of drug-likeness (QED) is 0.908. The molecule has 0 unspecified atom stereocenters. The summed E-state index contributed by atoms with van der Waals surface area (Å²) < 4.78 is 4.13. The molecule has 1 saturated carbocycles. The molecule has 1 aliphatic carbocycles. The Hall–Kier alpha value is -1.19. The number of rotatable bonds is 4. The Morgan fingerprint density at radius 2 is 1.89 bits per heavy atom. The van der Waals surface area contributed by atoms with Crippen molar-refractivity contribution in [2.75, 3.05) is 5.73 Å². The SMILES string of the molecule is CCCn1c(C(C)C)c(N)c(=O)n1C1CCCCC1. The van der Waals surface area contributed by atoms with E-state index in [2.05, 4.69) is 25.5 Å². The van der Waals surface area contributed by atoms with Crippen LogP contribution in [0.5, 0.6) is 0 Å². The van der Waals surface area contributed by atoms with E-state index >= 15 is 0 Å². The average Bonchev–Trinajstić information content (AvgIpc) is 2.63. The molecule has 0 spiro atoms. The second kappa shape index (κ2) is 5.85. The van der Waals surface area contributed by atoms with Crippen molar-refractivity contribution in [2.24, 2.45) is 0 Å². The molecule has 4 nitrogen and oxygen atoms in total. The molecule has 108 valence electrons. The van der Waals surface area contributed by atoms with Gasteiger partial charge in [0.1, 0.15) is 5.69 Å². The first kappa shape index (κ1) is 14.2. The summed E-state index contributed by atoms with van der Waals surface area (Å²) in [6, 6.07) is 0.350. The van der Waals surface area contributed by atoms with Gasteiger partial charge in [0.2, 0.25) is 0 Å². The largest absolute Gasteiger partial charge is 0.393 e. The van der Waals surface area contributed by atoms with Crippen LogP contribution in [0.2, 0.25) is 0 Å². The highest BCUT2D eigenvalue weighted by molar-refractivity contribution is 5.43. The Balaban J connectivity index is 2.51. The molecule has 0 aliphatic heterocycles. The van der Waals surface area contributed by atoms with Gasteiger partial charge in [-0.3, -0.25) is 9.48 Å². The van der Waals surface area contributed by atoms with Gasteiger partial charge in [0.25, 0.3) is 5.56 Å². The van der Waals surface area contributed by atoms with Gasteiger partial charge in [-0.1, -0.05) is 40.0 Å². The number of hydrogen-bond acceptors (Lipinski definition) is 2. The molecule has 0 atom stereocenters. The molecular weight excluding hydrogens is 238 g/mol. The molecule has 1 aromatic rings. The van der Waals surface area contributed by atoms with Crippen LogP contribution in [0.3, 0.4) is 0 Å². The van der Waals surface area contributed by atoms with Crippen LogP contribution >= 0.6 is 0 Å². The third kappa shape index (κ3) is 2.58. The van der Waals surface area contributed by atoms with E-state index in [0.717, 1.165) is 31.5 Å². The fraction of sp³-hybridized carbons (Fsp3) is 0.800. The van der Waals surface area contributed by atoms with Gasteiger partial charge in [-0.25, -0.2) is 4.68 Å². The minimum atomic E-state index is 0.0315. The Morgan fingerprint density at radius 1 is 1.26 bits per heavy atom. The molecule has 1 heterocycles. The molecule has 2 rings (SSSR count). The lowest BCUT2D eigenvalue weighted by molar-refractivity contribution is 0.276. The van der Waals surface area contributed by atoms with Gasteiger partial charge in [-0.05, 0) is 25.2 Å². The van der Waals surface area contributed by atoms with Crippen molar-refractivity contribution in [3.63, 3.8) is 0 Å². The predicted octanol–water partition coefficient (Wildman–Crippen LogP) is 3.27. The fourth-order valence-corrected chi connectivity index (χ4v) is 3.34. The van der Waals surface area contributed by atoms with E-state index in [1.807, 2.05) is 4.68 Å². The maximum absolute atomic E-state index is 12.5. The average molecular weight is 265 g/mol. The minimum absolute atomic E-state index is 0.0315. The zero-order valence-electron chi connectivity index (χ0n) is 12.5. The second-order valence-corrected chi connectivity index (χ2v) is 6.02. The maximum atomic E-state index is 12.5. The number of hydrogen-bond donors (Lipinski definition) is 1. The summed E-state index contributed by atoms with van der Waals surface area (Å²) in [6.07, 6.45) is 7.01. The molecule has 0 amide bonds. The molecule has 0 aromatic carbocycles. The Kier molecular flexibility index (Phi) is 4.38. The number of nitrogens with two attached hydrogens (primary N) is 1. The van der Waals surface area contributed by atoms with Gasteiger partial charge >= 0.3 is 0 Å². The first-order valence-corrected chi connectivity index (χ1v) is 7.68. The lowest BCUT2D eigenvalue weighted by Crippen LogP contribution is -2.30. The third-order valence-electron chi connectivity index (χ3n) is 4.16. The number of anilines is 1. The van der Waals surface area contributed by atoms with Crippen molar-refractivity contribution >= 4 is 5.69 Å². The first-order chi connectivity index (χ1) is 9.07. The summed E-state index contributed by atoms with van der Waals surface area (Å²) in [5.41, 5.74) is 7.61. The lowest BCUT2D eigenvalue weighted by atomic mass is 9.96. The number of nitrogens with zero attached hydrogens (tertiary/aromatic N) is 2. The minimum Gasteiger partial charge on any atom is -0.393 e. The molecule has 1 fully saturated rings. The van der Waals surface area contributed by atoms with Crippen molar-refractivity contribution in [3.05, 3.63) is 16.0 Å². The van der Waals surface area contributed by atoms with Crippen LogP contribution in [0, 0.1) is 0 Å². The Bertz CT molecular complexity index is 478. The van der Waals surface area contributed by atoms with E-state index in [0.29, 0.717) is 17.6 Å². The predicted molar refractivity (Wildman–Crippen MR) is 79.6 cm³/mol. The zero-order chi connectivity index (χ0) is 14.0. The van der Waals surface area contributed by atoms with Gasteiger partial charge in [-0.15, -0.1) is 0 Å². The van der Waals surface area contributed by atoms with E-state index in [1.165, 1.54) is 19.3 Å². The maximum Gasteiger partial charge on any atom is 0.290 e. The monoisotopic (exact) mass is 265 g/mol. The highest BCUT2D eigenvalue weighted by Crippen LogP contribution is 2.30. The van der Waals surface area contributed by atoms with Gasteiger partial charge in [0.15, 0.2) is 0 Å². The van der Waals surface area contributed by atoms with Gasteiger partial charge in [0, 0.05) is 6.54 Å². The molecule has 2 N–H and O–H groups in total. The summed E-state index contributed by atoms with van der Waals surface area (Å²) in [7, 11) is 0. The molecule has 0 radical (unpaired) electrons. The summed E-state index contributed by atoms with van der Waals surface area (Å²) in [6.45, 7) is 7.26. The van der Waals surface area contributed by atoms with E-state index in [-0.39, 0.29) is 5.56 Å². The van der Waals surface area contributed by atoms with Gasteiger partial charge in [0.05, 0.1) is 11.7 Å². The molecule has 4 heteroatoms. The topological polar surface area (TPSA) is 52.9 Å². The smallest absolute Gasteiger partial charge is 0.290 e. The summed E-state index contributed by atoms with van der Waals surface area (Å²) >= 11 is 0. The molecular formula is C15H27N3O. The fourth-order valence-electron chi connectivity index (χ4n) is 3.34. The van der Waals surface area contributed by atoms with Crippen molar-refractivity contribution in [3.8, 4) is 0 Å². The third-order valence-corrected chi connectivity index (χ3v) is 4.16.